The smallest absolute Gasteiger partial charge is 0.255 e. The number of sulfonamides is 1. The molecule has 0 aliphatic rings. The second-order valence-corrected chi connectivity index (χ2v) is 9.26. The quantitative estimate of drug-likeness (QED) is 0.365. The topological polar surface area (TPSA) is 88.1 Å². The van der Waals surface area contributed by atoms with E-state index < -0.39 is 28.3 Å². The Hall–Kier alpha value is -3.27. The molecule has 0 aromatic heterocycles. The molecule has 3 aromatic carbocycles. The Kier molecular flexibility index (Phi) is 8.16. The first-order valence-electron chi connectivity index (χ1n) is 9.74. The molecule has 0 aliphatic heterocycles. The summed E-state index contributed by atoms with van der Waals surface area (Å²) >= 11 is 5.87. The van der Waals surface area contributed by atoms with E-state index in [1.807, 2.05) is 0 Å². The molecule has 0 fully saturated rings. The average molecular weight is 490 g/mol. The molecule has 3 rings (SSSR count). The number of ether oxygens (including phenoxy) is 1. The van der Waals surface area contributed by atoms with E-state index in [0.29, 0.717) is 21.9 Å². The number of benzene rings is 3. The SMILES string of the molecule is COc1ccccc1/C=N\NC(=O)CN(Cc1ccc(F)cc1)S(=O)(=O)c1ccc(Cl)cc1. The molecule has 7 nitrogen and oxygen atoms in total. The van der Waals surface area contributed by atoms with Crippen LogP contribution in [0, 0.1) is 5.82 Å². The van der Waals surface area contributed by atoms with Gasteiger partial charge >= 0.3 is 0 Å². The van der Waals surface area contributed by atoms with Gasteiger partial charge in [-0.15, -0.1) is 0 Å². The van der Waals surface area contributed by atoms with Gasteiger partial charge in [-0.3, -0.25) is 4.79 Å². The van der Waals surface area contributed by atoms with E-state index in [-0.39, 0.29) is 11.4 Å². The van der Waals surface area contributed by atoms with Gasteiger partial charge in [0.25, 0.3) is 5.91 Å². The van der Waals surface area contributed by atoms with Gasteiger partial charge in [0.05, 0.1) is 24.8 Å². The minimum atomic E-state index is -4.06. The van der Waals surface area contributed by atoms with Crippen molar-refractivity contribution in [2.24, 2.45) is 5.10 Å². The standard InChI is InChI=1S/C23H21ClFN3O4S/c1-32-22-5-3-2-4-18(22)14-26-27-23(29)16-28(15-17-6-10-20(25)11-7-17)33(30,31)21-12-8-19(24)9-13-21/h2-14H,15-16H2,1H3,(H,27,29)/b26-14-. The molecule has 0 unspecified atom stereocenters. The molecular weight excluding hydrogens is 469 g/mol. The molecule has 0 radical (unpaired) electrons. The molecule has 1 amide bonds. The van der Waals surface area contributed by atoms with Gasteiger partial charge < -0.3 is 4.74 Å². The Morgan fingerprint density at radius 3 is 2.42 bits per heavy atom. The zero-order valence-corrected chi connectivity index (χ0v) is 19.2. The molecule has 0 saturated carbocycles. The maximum atomic E-state index is 13.3. The predicted octanol–water partition coefficient (Wildman–Crippen LogP) is 3.83. The molecule has 0 heterocycles. The number of rotatable bonds is 9. The number of hydrogen-bond donors (Lipinski definition) is 1. The fourth-order valence-electron chi connectivity index (χ4n) is 2.92. The number of methoxy groups -OCH3 is 1. The lowest BCUT2D eigenvalue weighted by molar-refractivity contribution is -0.121. The predicted molar refractivity (Wildman–Crippen MR) is 124 cm³/mol. The number of nitrogens with one attached hydrogen (secondary N) is 1. The summed E-state index contributed by atoms with van der Waals surface area (Å²) in [6.45, 7) is -0.652. The maximum Gasteiger partial charge on any atom is 0.255 e. The number of hydrogen-bond acceptors (Lipinski definition) is 5. The van der Waals surface area contributed by atoms with Crippen molar-refractivity contribution in [2.75, 3.05) is 13.7 Å². The van der Waals surface area contributed by atoms with Crippen molar-refractivity contribution in [3.63, 3.8) is 0 Å². The van der Waals surface area contributed by atoms with E-state index in [4.69, 9.17) is 16.3 Å². The normalized spacial score (nSPS) is 11.6. The van der Waals surface area contributed by atoms with Gasteiger partial charge in [-0.2, -0.15) is 9.41 Å². The van der Waals surface area contributed by atoms with Crippen LogP contribution < -0.4 is 10.2 Å². The zero-order chi connectivity index (χ0) is 23.8. The summed E-state index contributed by atoms with van der Waals surface area (Å²) in [6.07, 6.45) is 1.40. The summed E-state index contributed by atoms with van der Waals surface area (Å²) in [5, 5.41) is 4.27. The first-order valence-corrected chi connectivity index (χ1v) is 11.6. The van der Waals surface area contributed by atoms with E-state index in [1.165, 1.54) is 61.9 Å². The summed E-state index contributed by atoms with van der Waals surface area (Å²) in [5.74, 6) is -0.533. The van der Waals surface area contributed by atoms with Crippen LogP contribution in [0.25, 0.3) is 0 Å². The largest absolute Gasteiger partial charge is 0.496 e. The number of hydrazone groups is 1. The molecular formula is C23H21ClFN3O4S. The van der Waals surface area contributed by atoms with Gasteiger partial charge in [0.2, 0.25) is 10.0 Å². The van der Waals surface area contributed by atoms with Crippen LogP contribution in [0.3, 0.4) is 0 Å². The van der Waals surface area contributed by atoms with Crippen molar-refractivity contribution < 1.29 is 22.3 Å². The van der Waals surface area contributed by atoms with E-state index in [1.54, 1.807) is 24.3 Å². The van der Waals surface area contributed by atoms with Crippen molar-refractivity contribution in [1.29, 1.82) is 0 Å². The molecule has 0 spiro atoms. The molecule has 0 aliphatic carbocycles. The van der Waals surface area contributed by atoms with E-state index in [0.717, 1.165) is 4.31 Å². The van der Waals surface area contributed by atoms with Crippen LogP contribution in [0.4, 0.5) is 4.39 Å². The monoisotopic (exact) mass is 489 g/mol. The fourth-order valence-corrected chi connectivity index (χ4v) is 4.43. The first kappa shape index (κ1) is 24.4. The van der Waals surface area contributed by atoms with Crippen LogP contribution in [-0.4, -0.2) is 38.5 Å². The number of carbonyl (C=O) groups excluding carboxylic acids is 1. The lowest BCUT2D eigenvalue weighted by atomic mass is 10.2. The van der Waals surface area contributed by atoms with Gasteiger partial charge in [-0.1, -0.05) is 35.9 Å². The van der Waals surface area contributed by atoms with Crippen LogP contribution in [0.15, 0.2) is 82.8 Å². The highest BCUT2D eigenvalue weighted by Gasteiger charge is 2.27. The van der Waals surface area contributed by atoms with Crippen molar-refractivity contribution in [2.45, 2.75) is 11.4 Å². The first-order chi connectivity index (χ1) is 15.8. The Morgan fingerprint density at radius 1 is 1.09 bits per heavy atom. The summed E-state index contributed by atoms with van der Waals surface area (Å²) < 4.78 is 45.9. The van der Waals surface area contributed by atoms with E-state index in [9.17, 15) is 17.6 Å². The zero-order valence-electron chi connectivity index (χ0n) is 17.6. The second kappa shape index (κ2) is 11.0. The Labute approximate surface area is 196 Å². The Balaban J connectivity index is 1.79. The van der Waals surface area contributed by atoms with Crippen LogP contribution >= 0.6 is 11.6 Å². The number of nitrogens with zero attached hydrogens (tertiary/aromatic N) is 2. The minimum absolute atomic E-state index is 0.0284. The summed E-state index contributed by atoms with van der Waals surface area (Å²) in [5.41, 5.74) is 3.48. The molecule has 0 saturated heterocycles. The third kappa shape index (κ3) is 6.61. The Bertz CT molecular complexity index is 1230. The van der Waals surface area contributed by atoms with Gasteiger partial charge in [-0.25, -0.2) is 18.2 Å². The highest BCUT2D eigenvalue weighted by molar-refractivity contribution is 7.89. The molecule has 0 atom stereocenters. The molecule has 3 aromatic rings. The van der Waals surface area contributed by atoms with Crippen LogP contribution in [0.2, 0.25) is 5.02 Å². The van der Waals surface area contributed by atoms with Crippen LogP contribution in [0.5, 0.6) is 5.75 Å². The molecule has 33 heavy (non-hydrogen) atoms. The average Bonchev–Trinajstić information content (AvgIpc) is 2.80. The van der Waals surface area contributed by atoms with Gasteiger partial charge in [0.15, 0.2) is 0 Å². The number of amides is 1. The lowest BCUT2D eigenvalue weighted by Gasteiger charge is -2.21. The van der Waals surface area contributed by atoms with Crippen molar-refractivity contribution in [3.8, 4) is 5.75 Å². The lowest BCUT2D eigenvalue weighted by Crippen LogP contribution is -2.39. The molecule has 10 heteroatoms. The van der Waals surface area contributed by atoms with Crippen LogP contribution in [-0.2, 0) is 21.4 Å². The molecule has 1 N–H and O–H groups in total. The van der Waals surface area contributed by atoms with E-state index in [2.05, 4.69) is 10.5 Å². The number of carbonyl (C=O) groups is 1. The fraction of sp³-hybridized carbons (Fsp3) is 0.130. The maximum absolute atomic E-state index is 13.3. The minimum Gasteiger partial charge on any atom is -0.496 e. The van der Waals surface area contributed by atoms with Gasteiger partial charge in [0.1, 0.15) is 11.6 Å². The highest BCUT2D eigenvalue weighted by atomic mass is 35.5. The molecule has 172 valence electrons. The van der Waals surface area contributed by atoms with Crippen LogP contribution in [0.1, 0.15) is 11.1 Å². The van der Waals surface area contributed by atoms with Gasteiger partial charge in [0, 0.05) is 17.1 Å². The van der Waals surface area contributed by atoms with E-state index >= 15 is 0 Å². The Morgan fingerprint density at radius 2 is 1.76 bits per heavy atom. The molecule has 0 bridgehead atoms. The van der Waals surface area contributed by atoms with Gasteiger partial charge in [-0.05, 0) is 54.1 Å². The number of halogens is 2. The highest BCUT2D eigenvalue weighted by Crippen LogP contribution is 2.21. The van der Waals surface area contributed by atoms with Crippen molar-refractivity contribution in [1.82, 2.24) is 9.73 Å². The third-order valence-corrected chi connectivity index (χ3v) is 6.63. The number of para-hydroxylation sites is 1. The second-order valence-electron chi connectivity index (χ2n) is 6.89. The third-order valence-electron chi connectivity index (χ3n) is 4.58. The summed E-state index contributed by atoms with van der Waals surface area (Å²) in [7, 11) is -2.55. The van der Waals surface area contributed by atoms with Crippen molar-refractivity contribution >= 4 is 33.7 Å². The summed E-state index contributed by atoms with van der Waals surface area (Å²) in [4.78, 5) is 12.5. The van der Waals surface area contributed by atoms with Crippen molar-refractivity contribution in [3.05, 3.63) is 94.8 Å². The summed E-state index contributed by atoms with van der Waals surface area (Å²) in [6, 6.07) is 18.0.